The molecule has 2 rings (SSSR count). The predicted molar refractivity (Wildman–Crippen MR) is 72.1 cm³/mol. The first-order valence-corrected chi connectivity index (χ1v) is 6.25. The van der Waals surface area contributed by atoms with Crippen LogP contribution < -0.4 is 4.74 Å². The Hall–Kier alpha value is -1.90. The van der Waals surface area contributed by atoms with E-state index in [1.54, 1.807) is 30.3 Å². The van der Waals surface area contributed by atoms with Gasteiger partial charge in [0.25, 0.3) is 0 Å². The highest BCUT2D eigenvalue weighted by molar-refractivity contribution is 5.64. The number of benzene rings is 2. The van der Waals surface area contributed by atoms with Gasteiger partial charge in [-0.2, -0.15) is 0 Å². The van der Waals surface area contributed by atoms with Crippen molar-refractivity contribution in [1.82, 2.24) is 0 Å². The summed E-state index contributed by atoms with van der Waals surface area (Å²) < 4.78 is 32.3. The SMILES string of the molecule is CC(C)COc1ccc(-c2cccc(F)c2F)cc1. The lowest BCUT2D eigenvalue weighted by molar-refractivity contribution is 0.271. The predicted octanol–water partition coefficient (Wildman–Crippen LogP) is 4.67. The fraction of sp³-hybridized carbons (Fsp3) is 0.250. The summed E-state index contributed by atoms with van der Waals surface area (Å²) in [6.07, 6.45) is 0. The van der Waals surface area contributed by atoms with Crippen molar-refractivity contribution in [2.45, 2.75) is 13.8 Å². The molecule has 0 saturated carbocycles. The second-order valence-corrected chi connectivity index (χ2v) is 4.83. The zero-order chi connectivity index (χ0) is 13.8. The first-order valence-electron chi connectivity index (χ1n) is 6.25. The average Bonchev–Trinajstić information content (AvgIpc) is 2.40. The average molecular weight is 262 g/mol. The van der Waals surface area contributed by atoms with Crippen molar-refractivity contribution in [3.63, 3.8) is 0 Å². The van der Waals surface area contributed by atoms with Crippen molar-refractivity contribution in [2.24, 2.45) is 5.92 Å². The standard InChI is InChI=1S/C16H16F2O/c1-11(2)10-19-13-8-6-12(7-9-13)14-4-3-5-15(17)16(14)18/h3-9,11H,10H2,1-2H3. The van der Waals surface area contributed by atoms with Gasteiger partial charge in [-0.1, -0.05) is 38.1 Å². The summed E-state index contributed by atoms with van der Waals surface area (Å²) in [4.78, 5) is 0. The molecule has 100 valence electrons. The molecule has 0 bridgehead atoms. The molecule has 0 radical (unpaired) electrons. The smallest absolute Gasteiger partial charge is 0.166 e. The van der Waals surface area contributed by atoms with Gasteiger partial charge in [-0.25, -0.2) is 8.78 Å². The minimum absolute atomic E-state index is 0.260. The Kier molecular flexibility index (Phi) is 4.15. The topological polar surface area (TPSA) is 9.23 Å². The number of hydrogen-bond acceptors (Lipinski definition) is 1. The van der Waals surface area contributed by atoms with Crippen LogP contribution in [0.3, 0.4) is 0 Å². The zero-order valence-electron chi connectivity index (χ0n) is 11.0. The fourth-order valence-electron chi connectivity index (χ4n) is 1.72. The summed E-state index contributed by atoms with van der Waals surface area (Å²) in [5, 5.41) is 0. The third-order valence-electron chi connectivity index (χ3n) is 2.70. The normalized spacial score (nSPS) is 10.8. The Morgan fingerprint density at radius 2 is 1.68 bits per heavy atom. The number of ether oxygens (including phenoxy) is 1. The molecule has 0 atom stereocenters. The maximum absolute atomic E-state index is 13.6. The molecule has 0 aliphatic carbocycles. The Balaban J connectivity index is 2.20. The molecule has 0 fully saturated rings. The summed E-state index contributed by atoms with van der Waals surface area (Å²) in [6.45, 7) is 4.76. The third kappa shape index (κ3) is 3.31. The van der Waals surface area contributed by atoms with Crippen LogP contribution in [0, 0.1) is 17.6 Å². The van der Waals surface area contributed by atoms with Gasteiger partial charge in [0.2, 0.25) is 0 Å². The highest BCUT2D eigenvalue weighted by Gasteiger charge is 2.09. The summed E-state index contributed by atoms with van der Waals surface area (Å²) in [6, 6.07) is 11.2. The minimum Gasteiger partial charge on any atom is -0.493 e. The van der Waals surface area contributed by atoms with Gasteiger partial charge in [-0.05, 0) is 29.7 Å². The van der Waals surface area contributed by atoms with Gasteiger partial charge >= 0.3 is 0 Å². The Labute approximate surface area is 111 Å². The number of rotatable bonds is 4. The zero-order valence-corrected chi connectivity index (χ0v) is 11.0. The van der Waals surface area contributed by atoms with E-state index in [0.29, 0.717) is 18.1 Å². The van der Waals surface area contributed by atoms with Gasteiger partial charge in [-0.3, -0.25) is 0 Å². The van der Waals surface area contributed by atoms with Crippen LogP contribution in [-0.4, -0.2) is 6.61 Å². The lowest BCUT2D eigenvalue weighted by atomic mass is 10.0. The molecule has 19 heavy (non-hydrogen) atoms. The van der Waals surface area contributed by atoms with Crippen LogP contribution in [0.4, 0.5) is 8.78 Å². The van der Waals surface area contributed by atoms with Crippen molar-refractivity contribution in [1.29, 1.82) is 0 Å². The largest absolute Gasteiger partial charge is 0.493 e. The lowest BCUT2D eigenvalue weighted by Gasteiger charge is -2.09. The second kappa shape index (κ2) is 5.83. The Morgan fingerprint density at radius 3 is 2.32 bits per heavy atom. The monoisotopic (exact) mass is 262 g/mol. The molecule has 0 N–H and O–H groups in total. The Bertz CT molecular complexity index is 547. The van der Waals surface area contributed by atoms with Gasteiger partial charge in [0.15, 0.2) is 11.6 Å². The molecule has 1 nitrogen and oxygen atoms in total. The van der Waals surface area contributed by atoms with E-state index < -0.39 is 11.6 Å². The van der Waals surface area contributed by atoms with E-state index in [2.05, 4.69) is 13.8 Å². The van der Waals surface area contributed by atoms with Crippen molar-refractivity contribution in [3.8, 4) is 16.9 Å². The van der Waals surface area contributed by atoms with E-state index in [1.807, 2.05) is 0 Å². The molecule has 2 aromatic carbocycles. The lowest BCUT2D eigenvalue weighted by Crippen LogP contribution is -2.04. The molecule has 2 aromatic rings. The summed E-state index contributed by atoms with van der Waals surface area (Å²) in [5.41, 5.74) is 0.893. The van der Waals surface area contributed by atoms with Crippen LogP contribution in [-0.2, 0) is 0 Å². The van der Waals surface area contributed by atoms with Crippen LogP contribution in [0.2, 0.25) is 0 Å². The highest BCUT2D eigenvalue weighted by atomic mass is 19.2. The maximum atomic E-state index is 13.6. The van der Waals surface area contributed by atoms with Crippen LogP contribution in [0.5, 0.6) is 5.75 Å². The maximum Gasteiger partial charge on any atom is 0.166 e. The van der Waals surface area contributed by atoms with Gasteiger partial charge in [0.05, 0.1) is 6.61 Å². The molecule has 0 unspecified atom stereocenters. The third-order valence-corrected chi connectivity index (χ3v) is 2.70. The molecular formula is C16H16F2O. The molecule has 0 amide bonds. The molecule has 0 aliphatic heterocycles. The van der Waals surface area contributed by atoms with Crippen LogP contribution in [0.15, 0.2) is 42.5 Å². The minimum atomic E-state index is -0.836. The number of halogens is 2. The van der Waals surface area contributed by atoms with Crippen molar-refractivity contribution in [3.05, 3.63) is 54.1 Å². The molecule has 0 spiro atoms. The van der Waals surface area contributed by atoms with E-state index in [-0.39, 0.29) is 5.56 Å². The van der Waals surface area contributed by atoms with Crippen LogP contribution in [0.1, 0.15) is 13.8 Å². The molecule has 0 heterocycles. The van der Waals surface area contributed by atoms with Crippen molar-refractivity contribution in [2.75, 3.05) is 6.61 Å². The summed E-state index contributed by atoms with van der Waals surface area (Å²) in [5.74, 6) is -0.481. The summed E-state index contributed by atoms with van der Waals surface area (Å²) >= 11 is 0. The fourth-order valence-corrected chi connectivity index (χ4v) is 1.72. The van der Waals surface area contributed by atoms with E-state index >= 15 is 0 Å². The van der Waals surface area contributed by atoms with Crippen LogP contribution >= 0.6 is 0 Å². The van der Waals surface area contributed by atoms with Gasteiger partial charge in [0, 0.05) is 5.56 Å². The van der Waals surface area contributed by atoms with Gasteiger partial charge < -0.3 is 4.74 Å². The van der Waals surface area contributed by atoms with Gasteiger partial charge in [-0.15, -0.1) is 0 Å². The van der Waals surface area contributed by atoms with E-state index in [4.69, 9.17) is 4.74 Å². The van der Waals surface area contributed by atoms with E-state index in [1.165, 1.54) is 6.07 Å². The molecule has 3 heteroatoms. The molecule has 0 saturated heterocycles. The number of hydrogen-bond donors (Lipinski definition) is 0. The van der Waals surface area contributed by atoms with Crippen molar-refractivity contribution < 1.29 is 13.5 Å². The first kappa shape index (κ1) is 13.5. The molecule has 0 aromatic heterocycles. The summed E-state index contributed by atoms with van der Waals surface area (Å²) in [7, 11) is 0. The quantitative estimate of drug-likeness (QED) is 0.778. The molecule has 0 aliphatic rings. The van der Waals surface area contributed by atoms with Crippen LogP contribution in [0.25, 0.3) is 11.1 Å². The highest BCUT2D eigenvalue weighted by Crippen LogP contribution is 2.26. The van der Waals surface area contributed by atoms with E-state index in [9.17, 15) is 8.78 Å². The molecular weight excluding hydrogens is 246 g/mol. The van der Waals surface area contributed by atoms with Crippen molar-refractivity contribution >= 4 is 0 Å². The van der Waals surface area contributed by atoms with Gasteiger partial charge in [0.1, 0.15) is 5.75 Å². The Morgan fingerprint density at radius 1 is 1.00 bits per heavy atom. The van der Waals surface area contributed by atoms with E-state index in [0.717, 1.165) is 11.8 Å². The second-order valence-electron chi connectivity index (χ2n) is 4.83. The first-order chi connectivity index (χ1) is 9.08.